The Morgan fingerprint density at radius 2 is 2.00 bits per heavy atom. The van der Waals surface area contributed by atoms with E-state index >= 15 is 0 Å². The van der Waals surface area contributed by atoms with Crippen LogP contribution in [0.5, 0.6) is 0 Å². The molecule has 0 aromatic heterocycles. The lowest BCUT2D eigenvalue weighted by atomic mass is 9.85. The lowest BCUT2D eigenvalue weighted by molar-refractivity contribution is -0.142. The molecular weight excluding hydrogens is 190 g/mol. The Morgan fingerprint density at radius 3 is 2.47 bits per heavy atom. The SMILES string of the molecule is CC[C@](N)(CC(=O)OC)c1ccccc1. The van der Waals surface area contributed by atoms with E-state index in [4.69, 9.17) is 5.73 Å². The van der Waals surface area contributed by atoms with Crippen LogP contribution in [0, 0.1) is 0 Å². The van der Waals surface area contributed by atoms with Gasteiger partial charge in [0.1, 0.15) is 0 Å². The van der Waals surface area contributed by atoms with Crippen molar-refractivity contribution in [3.8, 4) is 0 Å². The summed E-state index contributed by atoms with van der Waals surface area (Å²) in [4.78, 5) is 11.3. The summed E-state index contributed by atoms with van der Waals surface area (Å²) in [5, 5.41) is 0. The summed E-state index contributed by atoms with van der Waals surface area (Å²) in [6.07, 6.45) is 0.913. The average molecular weight is 207 g/mol. The fourth-order valence-electron chi connectivity index (χ4n) is 1.53. The molecule has 2 N–H and O–H groups in total. The molecule has 15 heavy (non-hydrogen) atoms. The molecule has 0 saturated heterocycles. The highest BCUT2D eigenvalue weighted by Crippen LogP contribution is 2.25. The predicted molar refractivity (Wildman–Crippen MR) is 59.2 cm³/mol. The first-order chi connectivity index (χ1) is 7.12. The molecule has 1 atom stereocenters. The number of methoxy groups -OCH3 is 1. The van der Waals surface area contributed by atoms with Crippen LogP contribution in [0.4, 0.5) is 0 Å². The number of carbonyl (C=O) groups excluding carboxylic acids is 1. The van der Waals surface area contributed by atoms with Crippen LogP contribution in [0.15, 0.2) is 30.3 Å². The van der Waals surface area contributed by atoms with Crippen molar-refractivity contribution >= 4 is 5.97 Å². The molecule has 0 saturated carbocycles. The number of nitrogens with two attached hydrogens (primary N) is 1. The molecule has 0 amide bonds. The van der Waals surface area contributed by atoms with E-state index in [9.17, 15) is 4.79 Å². The van der Waals surface area contributed by atoms with Crippen molar-refractivity contribution in [1.82, 2.24) is 0 Å². The number of ether oxygens (including phenoxy) is 1. The van der Waals surface area contributed by atoms with Crippen molar-refractivity contribution in [3.63, 3.8) is 0 Å². The summed E-state index contributed by atoms with van der Waals surface area (Å²) in [5.41, 5.74) is 6.55. The molecule has 82 valence electrons. The van der Waals surface area contributed by atoms with Crippen LogP contribution >= 0.6 is 0 Å². The minimum atomic E-state index is -0.617. The van der Waals surface area contributed by atoms with Gasteiger partial charge in [-0.1, -0.05) is 37.3 Å². The third-order valence-corrected chi connectivity index (χ3v) is 2.67. The molecule has 0 fully saturated rings. The number of hydrogen-bond donors (Lipinski definition) is 1. The Balaban J connectivity index is 2.90. The summed E-state index contributed by atoms with van der Waals surface area (Å²) >= 11 is 0. The van der Waals surface area contributed by atoms with Crippen molar-refractivity contribution in [2.75, 3.05) is 7.11 Å². The summed E-state index contributed by atoms with van der Waals surface area (Å²) < 4.78 is 4.65. The molecule has 0 aliphatic rings. The molecule has 0 aliphatic heterocycles. The second-order valence-corrected chi connectivity index (χ2v) is 3.63. The van der Waals surface area contributed by atoms with Crippen molar-refractivity contribution in [2.45, 2.75) is 25.3 Å². The van der Waals surface area contributed by atoms with Gasteiger partial charge in [0, 0.05) is 0 Å². The maximum atomic E-state index is 11.3. The number of benzene rings is 1. The van der Waals surface area contributed by atoms with E-state index in [2.05, 4.69) is 4.74 Å². The summed E-state index contributed by atoms with van der Waals surface area (Å²) in [6.45, 7) is 1.97. The van der Waals surface area contributed by atoms with Crippen molar-refractivity contribution in [3.05, 3.63) is 35.9 Å². The normalized spacial score (nSPS) is 14.3. The molecule has 3 nitrogen and oxygen atoms in total. The second-order valence-electron chi connectivity index (χ2n) is 3.63. The van der Waals surface area contributed by atoms with Crippen LogP contribution in [0.1, 0.15) is 25.3 Å². The van der Waals surface area contributed by atoms with Gasteiger partial charge in [-0.15, -0.1) is 0 Å². The minimum Gasteiger partial charge on any atom is -0.469 e. The molecule has 0 bridgehead atoms. The zero-order chi connectivity index (χ0) is 11.3. The average Bonchev–Trinajstić information content (AvgIpc) is 2.30. The van der Waals surface area contributed by atoms with E-state index in [0.29, 0.717) is 6.42 Å². The van der Waals surface area contributed by atoms with E-state index in [1.807, 2.05) is 37.3 Å². The maximum absolute atomic E-state index is 11.3. The zero-order valence-corrected chi connectivity index (χ0v) is 9.19. The van der Waals surface area contributed by atoms with Gasteiger partial charge in [-0.3, -0.25) is 4.79 Å². The molecule has 1 aromatic rings. The van der Waals surface area contributed by atoms with Crippen LogP contribution in [0.2, 0.25) is 0 Å². The molecule has 0 aliphatic carbocycles. The third-order valence-electron chi connectivity index (χ3n) is 2.67. The lowest BCUT2D eigenvalue weighted by Gasteiger charge is -2.27. The monoisotopic (exact) mass is 207 g/mol. The standard InChI is InChI=1S/C12H17NO2/c1-3-12(13,9-11(14)15-2)10-7-5-4-6-8-10/h4-8H,3,9,13H2,1-2H3/t12-/m0/s1. The Morgan fingerprint density at radius 1 is 1.40 bits per heavy atom. The van der Waals surface area contributed by atoms with Gasteiger partial charge in [0.15, 0.2) is 0 Å². The second kappa shape index (κ2) is 4.94. The van der Waals surface area contributed by atoms with Gasteiger partial charge in [0.25, 0.3) is 0 Å². The molecule has 0 spiro atoms. The highest BCUT2D eigenvalue weighted by atomic mass is 16.5. The topological polar surface area (TPSA) is 52.3 Å². The molecule has 0 unspecified atom stereocenters. The fourth-order valence-corrected chi connectivity index (χ4v) is 1.53. The van der Waals surface area contributed by atoms with Crippen LogP contribution in [0.25, 0.3) is 0 Å². The fraction of sp³-hybridized carbons (Fsp3) is 0.417. The number of esters is 1. The lowest BCUT2D eigenvalue weighted by Crippen LogP contribution is -2.38. The highest BCUT2D eigenvalue weighted by Gasteiger charge is 2.28. The molecule has 0 radical (unpaired) electrons. The van der Waals surface area contributed by atoms with Gasteiger partial charge in [0.2, 0.25) is 0 Å². The molecule has 3 heteroatoms. The van der Waals surface area contributed by atoms with Gasteiger partial charge in [-0.25, -0.2) is 0 Å². The van der Waals surface area contributed by atoms with E-state index in [1.54, 1.807) is 0 Å². The van der Waals surface area contributed by atoms with E-state index in [0.717, 1.165) is 5.56 Å². The predicted octanol–water partition coefficient (Wildman–Crippen LogP) is 1.81. The van der Waals surface area contributed by atoms with E-state index in [1.165, 1.54) is 7.11 Å². The van der Waals surface area contributed by atoms with Crippen molar-refractivity contribution < 1.29 is 9.53 Å². The molecule has 1 aromatic carbocycles. The molecule has 1 rings (SSSR count). The van der Waals surface area contributed by atoms with Crippen LogP contribution in [-0.4, -0.2) is 13.1 Å². The number of rotatable bonds is 4. The minimum absolute atomic E-state index is 0.212. The third kappa shape index (κ3) is 2.80. The van der Waals surface area contributed by atoms with Crippen LogP contribution in [-0.2, 0) is 15.1 Å². The summed E-state index contributed by atoms with van der Waals surface area (Å²) in [6, 6.07) is 9.64. The van der Waals surface area contributed by atoms with Gasteiger partial charge in [0.05, 0.1) is 19.1 Å². The smallest absolute Gasteiger partial charge is 0.307 e. The first kappa shape index (κ1) is 11.7. The van der Waals surface area contributed by atoms with E-state index < -0.39 is 5.54 Å². The Labute approximate surface area is 90.2 Å². The largest absolute Gasteiger partial charge is 0.469 e. The highest BCUT2D eigenvalue weighted by molar-refractivity contribution is 5.71. The first-order valence-corrected chi connectivity index (χ1v) is 5.03. The molecule has 0 heterocycles. The van der Waals surface area contributed by atoms with Crippen molar-refractivity contribution in [1.29, 1.82) is 0 Å². The Bertz CT molecular complexity index is 324. The quantitative estimate of drug-likeness (QED) is 0.766. The van der Waals surface area contributed by atoms with Crippen LogP contribution in [0.3, 0.4) is 0 Å². The van der Waals surface area contributed by atoms with Gasteiger partial charge in [-0.2, -0.15) is 0 Å². The zero-order valence-electron chi connectivity index (χ0n) is 9.19. The van der Waals surface area contributed by atoms with Crippen LogP contribution < -0.4 is 5.73 Å². The van der Waals surface area contributed by atoms with Gasteiger partial charge in [-0.05, 0) is 12.0 Å². The Kier molecular flexibility index (Phi) is 3.86. The maximum Gasteiger partial charge on any atom is 0.307 e. The van der Waals surface area contributed by atoms with Gasteiger partial charge < -0.3 is 10.5 Å². The Hall–Kier alpha value is -1.35. The van der Waals surface area contributed by atoms with Gasteiger partial charge >= 0.3 is 5.97 Å². The van der Waals surface area contributed by atoms with E-state index in [-0.39, 0.29) is 12.4 Å². The summed E-state index contributed by atoms with van der Waals surface area (Å²) in [5.74, 6) is -0.275. The summed E-state index contributed by atoms with van der Waals surface area (Å²) in [7, 11) is 1.38. The number of carbonyl (C=O) groups is 1. The van der Waals surface area contributed by atoms with Crippen molar-refractivity contribution in [2.24, 2.45) is 5.73 Å². The molecular formula is C12H17NO2. The first-order valence-electron chi connectivity index (χ1n) is 5.03. The number of hydrogen-bond acceptors (Lipinski definition) is 3.